The van der Waals surface area contributed by atoms with Crippen molar-refractivity contribution < 1.29 is 23.7 Å². The molecule has 0 saturated carbocycles. The van der Waals surface area contributed by atoms with Gasteiger partial charge in [-0.05, 0) is 12.1 Å². The van der Waals surface area contributed by atoms with Gasteiger partial charge in [0.2, 0.25) is 0 Å². The standard InChI is InChI=1S/C14H14N2O5S2/c17-11(8-3-6-23(20)7-4-8)12-10(9-2-1-5-21-9)15-13(22-12)16-14(18)19/h1-2,5,8H,3-4,6-7H2,(H,15,16)(H,18,19). The number of carboxylic acid groups (broad SMARTS) is 1. The minimum atomic E-state index is -1.24. The molecule has 0 bridgehead atoms. The first-order valence-electron chi connectivity index (χ1n) is 6.98. The molecule has 3 heterocycles. The van der Waals surface area contributed by atoms with E-state index in [4.69, 9.17) is 9.52 Å². The number of furan rings is 1. The number of nitrogens with zero attached hydrogens (tertiary/aromatic N) is 1. The summed E-state index contributed by atoms with van der Waals surface area (Å²) in [6.07, 6.45) is 1.37. The zero-order valence-electron chi connectivity index (χ0n) is 12.0. The van der Waals surface area contributed by atoms with Crippen LogP contribution in [-0.4, -0.2) is 38.0 Å². The largest absolute Gasteiger partial charge is 0.616 e. The van der Waals surface area contributed by atoms with Crippen LogP contribution in [0.5, 0.6) is 0 Å². The molecule has 2 aromatic heterocycles. The zero-order chi connectivity index (χ0) is 16.4. The first kappa shape index (κ1) is 16.0. The Labute approximate surface area is 138 Å². The second kappa shape index (κ2) is 6.73. The first-order chi connectivity index (χ1) is 11.0. The molecule has 0 aliphatic carbocycles. The van der Waals surface area contributed by atoms with Crippen LogP contribution < -0.4 is 5.32 Å². The Morgan fingerprint density at radius 3 is 2.78 bits per heavy atom. The number of carbonyl (C=O) groups is 2. The third-order valence-corrected chi connectivity index (χ3v) is 5.95. The first-order valence-corrected chi connectivity index (χ1v) is 9.29. The number of ketones is 1. The molecule has 1 fully saturated rings. The summed E-state index contributed by atoms with van der Waals surface area (Å²) in [5.74, 6) is 1.16. The number of amides is 1. The number of rotatable bonds is 4. The monoisotopic (exact) mass is 354 g/mol. The molecule has 122 valence electrons. The second-order valence-corrected chi connectivity index (χ2v) is 7.79. The van der Waals surface area contributed by atoms with Gasteiger partial charge in [-0.3, -0.25) is 10.1 Å². The van der Waals surface area contributed by atoms with Crippen LogP contribution in [0, 0.1) is 5.92 Å². The minimum absolute atomic E-state index is 0.0935. The minimum Gasteiger partial charge on any atom is -0.616 e. The molecule has 0 radical (unpaired) electrons. The molecule has 2 aromatic rings. The van der Waals surface area contributed by atoms with Crippen LogP contribution in [0.25, 0.3) is 11.5 Å². The van der Waals surface area contributed by atoms with Crippen LogP contribution >= 0.6 is 11.3 Å². The summed E-state index contributed by atoms with van der Waals surface area (Å²) in [6.45, 7) is 0. The summed E-state index contributed by atoms with van der Waals surface area (Å²) in [5.41, 5.74) is 0.348. The summed E-state index contributed by atoms with van der Waals surface area (Å²) in [5, 5.41) is 11.1. The maximum absolute atomic E-state index is 12.8. The molecule has 0 aromatic carbocycles. The Morgan fingerprint density at radius 2 is 2.17 bits per heavy atom. The third kappa shape index (κ3) is 3.57. The zero-order valence-corrected chi connectivity index (χ0v) is 13.6. The van der Waals surface area contributed by atoms with Gasteiger partial charge in [0.25, 0.3) is 0 Å². The van der Waals surface area contributed by atoms with E-state index in [0.717, 1.165) is 11.3 Å². The molecule has 0 spiro atoms. The van der Waals surface area contributed by atoms with Gasteiger partial charge in [0.15, 0.2) is 16.7 Å². The highest BCUT2D eigenvalue weighted by molar-refractivity contribution is 7.91. The predicted molar refractivity (Wildman–Crippen MR) is 86.4 cm³/mol. The van der Waals surface area contributed by atoms with Crippen molar-refractivity contribution in [2.45, 2.75) is 12.8 Å². The summed E-state index contributed by atoms with van der Waals surface area (Å²) in [6, 6.07) is 3.35. The average Bonchev–Trinajstić information content (AvgIpc) is 3.15. The summed E-state index contributed by atoms with van der Waals surface area (Å²) in [7, 11) is 0. The van der Waals surface area contributed by atoms with Crippen LogP contribution in [0.1, 0.15) is 22.5 Å². The van der Waals surface area contributed by atoms with Crippen molar-refractivity contribution in [3.8, 4) is 11.5 Å². The lowest BCUT2D eigenvalue weighted by Gasteiger charge is -2.22. The molecule has 0 unspecified atom stereocenters. The summed E-state index contributed by atoms with van der Waals surface area (Å²) < 4.78 is 16.7. The van der Waals surface area contributed by atoms with Gasteiger partial charge in [0, 0.05) is 18.8 Å². The van der Waals surface area contributed by atoms with Crippen molar-refractivity contribution >= 4 is 39.5 Å². The number of nitrogens with one attached hydrogen (secondary N) is 1. The number of hydrogen-bond acceptors (Lipinski definition) is 6. The summed E-state index contributed by atoms with van der Waals surface area (Å²) >= 11 is 0.156. The van der Waals surface area contributed by atoms with E-state index >= 15 is 0 Å². The molecule has 2 N–H and O–H groups in total. The lowest BCUT2D eigenvalue weighted by Crippen LogP contribution is -2.28. The highest BCUT2D eigenvalue weighted by Gasteiger charge is 2.32. The number of Topliss-reactive ketones (excluding diaryl/α,β-unsaturated/α-hetero) is 1. The Balaban J connectivity index is 1.91. The molecule has 23 heavy (non-hydrogen) atoms. The van der Waals surface area contributed by atoms with Gasteiger partial charge in [-0.25, -0.2) is 9.78 Å². The fourth-order valence-electron chi connectivity index (χ4n) is 2.45. The summed E-state index contributed by atoms with van der Waals surface area (Å²) in [4.78, 5) is 28.1. The topological polar surface area (TPSA) is 115 Å². The second-order valence-electron chi connectivity index (χ2n) is 5.09. The number of anilines is 1. The van der Waals surface area contributed by atoms with E-state index < -0.39 is 17.3 Å². The fourth-order valence-corrected chi connectivity index (χ4v) is 4.73. The molecule has 1 amide bonds. The Morgan fingerprint density at radius 1 is 1.43 bits per heavy atom. The van der Waals surface area contributed by atoms with Gasteiger partial charge in [-0.2, -0.15) is 0 Å². The van der Waals surface area contributed by atoms with Gasteiger partial charge in [-0.1, -0.05) is 22.5 Å². The van der Waals surface area contributed by atoms with E-state index in [-0.39, 0.29) is 16.8 Å². The molecule has 1 aliphatic heterocycles. The van der Waals surface area contributed by atoms with Gasteiger partial charge in [0.05, 0.1) is 6.26 Å². The lowest BCUT2D eigenvalue weighted by molar-refractivity contribution is 0.0916. The number of hydrogen-bond donors (Lipinski definition) is 2. The maximum atomic E-state index is 12.8. The van der Waals surface area contributed by atoms with Crippen LogP contribution in [0.4, 0.5) is 9.93 Å². The van der Waals surface area contributed by atoms with Crippen molar-refractivity contribution in [2.75, 3.05) is 16.8 Å². The van der Waals surface area contributed by atoms with Crippen molar-refractivity contribution in [3.63, 3.8) is 0 Å². The van der Waals surface area contributed by atoms with Crippen LogP contribution in [0.2, 0.25) is 0 Å². The van der Waals surface area contributed by atoms with Gasteiger partial charge in [0.1, 0.15) is 22.1 Å². The molecule has 3 rings (SSSR count). The maximum Gasteiger partial charge on any atom is 0.410 e. The van der Waals surface area contributed by atoms with Gasteiger partial charge < -0.3 is 14.1 Å². The molecular weight excluding hydrogens is 340 g/mol. The molecular formula is C14H14N2O5S2. The molecule has 1 saturated heterocycles. The number of thiazole rings is 1. The normalized spacial score (nSPS) is 21.1. The molecule has 0 atom stereocenters. The fraction of sp³-hybridized carbons (Fsp3) is 0.357. The Bertz CT molecular complexity index is 705. The highest BCUT2D eigenvalue weighted by Crippen LogP contribution is 2.35. The van der Waals surface area contributed by atoms with E-state index in [9.17, 15) is 14.1 Å². The van der Waals surface area contributed by atoms with Crippen molar-refractivity contribution in [1.82, 2.24) is 4.98 Å². The third-order valence-electron chi connectivity index (χ3n) is 3.58. The van der Waals surface area contributed by atoms with Crippen LogP contribution in [-0.2, 0) is 11.2 Å². The lowest BCUT2D eigenvalue weighted by atomic mass is 9.95. The van der Waals surface area contributed by atoms with Crippen molar-refractivity contribution in [3.05, 3.63) is 23.3 Å². The van der Waals surface area contributed by atoms with Gasteiger partial charge in [-0.15, -0.1) is 0 Å². The Hall–Kier alpha value is -1.84. The van der Waals surface area contributed by atoms with E-state index in [2.05, 4.69) is 10.3 Å². The van der Waals surface area contributed by atoms with E-state index in [0.29, 0.717) is 40.7 Å². The van der Waals surface area contributed by atoms with E-state index in [1.807, 2.05) is 0 Å². The predicted octanol–water partition coefficient (Wildman–Crippen LogP) is 2.83. The van der Waals surface area contributed by atoms with E-state index in [1.165, 1.54) is 6.26 Å². The van der Waals surface area contributed by atoms with Crippen LogP contribution in [0.15, 0.2) is 22.8 Å². The molecule has 7 nitrogen and oxygen atoms in total. The highest BCUT2D eigenvalue weighted by atomic mass is 32.2. The SMILES string of the molecule is O=C(O)Nc1nc(-c2ccco2)c(C(=O)C2CC[S+]([O-])CC2)s1. The number of aromatic nitrogens is 1. The van der Waals surface area contributed by atoms with Crippen molar-refractivity contribution in [2.24, 2.45) is 5.92 Å². The number of carbonyl (C=O) groups excluding carboxylic acids is 1. The van der Waals surface area contributed by atoms with Crippen molar-refractivity contribution in [1.29, 1.82) is 0 Å². The molecule has 9 heteroatoms. The Kier molecular flexibility index (Phi) is 4.69. The quantitative estimate of drug-likeness (QED) is 0.644. The van der Waals surface area contributed by atoms with Crippen LogP contribution in [0.3, 0.4) is 0 Å². The smallest absolute Gasteiger partial charge is 0.410 e. The average molecular weight is 354 g/mol. The van der Waals surface area contributed by atoms with E-state index in [1.54, 1.807) is 12.1 Å². The molecule has 1 aliphatic rings. The van der Waals surface area contributed by atoms with Gasteiger partial charge >= 0.3 is 6.09 Å².